The molecule has 0 atom stereocenters. The van der Waals surface area contributed by atoms with E-state index >= 15 is 0 Å². The van der Waals surface area contributed by atoms with Crippen molar-refractivity contribution in [2.75, 3.05) is 12.4 Å². The maximum atomic E-state index is 11.5. The molecule has 2 heterocycles. The van der Waals surface area contributed by atoms with Gasteiger partial charge in [0.1, 0.15) is 0 Å². The molecule has 1 aromatic carbocycles. The van der Waals surface area contributed by atoms with Crippen molar-refractivity contribution in [1.82, 2.24) is 20.3 Å². The smallest absolute Gasteiger partial charge is 0.320 e. The summed E-state index contributed by atoms with van der Waals surface area (Å²) in [6.07, 6.45) is 3.60. The van der Waals surface area contributed by atoms with Crippen LogP contribution in [0, 0.1) is 0 Å². The number of aryl methyl sites for hydroxylation is 2. The molecule has 0 bridgehead atoms. The largest absolute Gasteiger partial charge is 0.341 e. The Kier molecular flexibility index (Phi) is 3.70. The summed E-state index contributed by atoms with van der Waals surface area (Å²) in [4.78, 5) is 26.3. The highest BCUT2D eigenvalue weighted by Gasteiger charge is 2.23. The number of carbonyl (C=O) groups excluding carboxylic acids is 1. The van der Waals surface area contributed by atoms with Crippen LogP contribution >= 0.6 is 11.3 Å². The van der Waals surface area contributed by atoms with E-state index < -0.39 is 0 Å². The molecule has 0 unspecified atom stereocenters. The highest BCUT2D eigenvalue weighted by Crippen LogP contribution is 2.38. The first-order chi connectivity index (χ1) is 11.7. The Hall–Kier alpha value is -2.80. The Morgan fingerprint density at radius 3 is 2.79 bits per heavy atom. The first-order valence-electron chi connectivity index (χ1n) is 7.65. The number of anilines is 1. The fraction of sp³-hybridized carbons (Fsp3) is 0.176. The second-order valence-corrected chi connectivity index (χ2v) is 6.43. The van der Waals surface area contributed by atoms with Crippen LogP contribution in [-0.2, 0) is 12.8 Å². The van der Waals surface area contributed by atoms with Crippen molar-refractivity contribution in [3.8, 4) is 22.0 Å². The van der Waals surface area contributed by atoms with Crippen molar-refractivity contribution in [1.29, 1.82) is 0 Å². The van der Waals surface area contributed by atoms with Crippen LogP contribution in [0.5, 0.6) is 0 Å². The number of rotatable bonds is 2. The van der Waals surface area contributed by atoms with Gasteiger partial charge in [-0.05, 0) is 18.4 Å². The molecule has 7 heteroatoms. The molecule has 0 radical (unpaired) electrons. The molecule has 0 spiro atoms. The third-order valence-corrected chi connectivity index (χ3v) is 4.91. The van der Waals surface area contributed by atoms with Gasteiger partial charge in [-0.3, -0.25) is 5.32 Å². The number of benzene rings is 1. The summed E-state index contributed by atoms with van der Waals surface area (Å²) < 4.78 is 0. The predicted molar refractivity (Wildman–Crippen MR) is 94.1 cm³/mol. The van der Waals surface area contributed by atoms with Crippen molar-refractivity contribution >= 4 is 22.5 Å². The van der Waals surface area contributed by atoms with Crippen LogP contribution in [0.2, 0.25) is 0 Å². The number of thiazole rings is 1. The summed E-state index contributed by atoms with van der Waals surface area (Å²) in [5, 5.41) is 5.86. The van der Waals surface area contributed by atoms with Crippen molar-refractivity contribution in [2.45, 2.75) is 12.8 Å². The number of hydrogen-bond acceptors (Lipinski definition) is 5. The van der Waals surface area contributed by atoms with Gasteiger partial charge in [0.05, 0.1) is 16.3 Å². The van der Waals surface area contributed by atoms with E-state index in [1.165, 1.54) is 11.3 Å². The molecular formula is C17H15N5OS. The molecule has 2 aromatic heterocycles. The zero-order valence-corrected chi connectivity index (χ0v) is 13.9. The molecule has 1 aliphatic rings. The van der Waals surface area contributed by atoms with Crippen LogP contribution in [0.4, 0.5) is 9.93 Å². The van der Waals surface area contributed by atoms with Crippen LogP contribution in [0.15, 0.2) is 36.5 Å². The summed E-state index contributed by atoms with van der Waals surface area (Å²) in [7, 11) is 1.58. The fourth-order valence-corrected chi connectivity index (χ4v) is 3.72. The highest BCUT2D eigenvalue weighted by atomic mass is 32.1. The van der Waals surface area contributed by atoms with Crippen molar-refractivity contribution in [2.24, 2.45) is 0 Å². The van der Waals surface area contributed by atoms with Crippen LogP contribution in [0.25, 0.3) is 22.0 Å². The summed E-state index contributed by atoms with van der Waals surface area (Å²) in [5.74, 6) is 0.705. The van der Waals surface area contributed by atoms with Crippen molar-refractivity contribution < 1.29 is 4.79 Å². The molecule has 0 saturated heterocycles. The number of carbonyl (C=O) groups is 1. The average Bonchev–Trinajstić information content (AvgIpc) is 3.04. The topological polar surface area (TPSA) is 79.8 Å². The van der Waals surface area contributed by atoms with Crippen LogP contribution in [0.3, 0.4) is 0 Å². The number of amides is 2. The minimum atomic E-state index is -0.269. The quantitative estimate of drug-likeness (QED) is 0.753. The van der Waals surface area contributed by atoms with E-state index in [2.05, 4.69) is 20.6 Å². The molecule has 1 aliphatic carbocycles. The Balaban J connectivity index is 1.75. The normalized spacial score (nSPS) is 12.2. The van der Waals surface area contributed by atoms with Gasteiger partial charge < -0.3 is 5.32 Å². The molecule has 120 valence electrons. The molecule has 2 N–H and O–H groups in total. The monoisotopic (exact) mass is 337 g/mol. The number of hydrogen-bond donors (Lipinski definition) is 2. The van der Waals surface area contributed by atoms with Gasteiger partial charge in [0.2, 0.25) is 0 Å². The summed E-state index contributed by atoms with van der Waals surface area (Å²) in [6.45, 7) is 0. The lowest BCUT2D eigenvalue weighted by Crippen LogP contribution is -2.24. The number of fused-ring (bicyclic) bond motifs is 3. The molecule has 6 nitrogen and oxygen atoms in total. The minimum Gasteiger partial charge on any atom is -0.341 e. The van der Waals surface area contributed by atoms with E-state index in [-0.39, 0.29) is 6.03 Å². The first-order valence-corrected chi connectivity index (χ1v) is 8.46. The second-order valence-electron chi connectivity index (χ2n) is 5.43. The van der Waals surface area contributed by atoms with E-state index in [1.807, 2.05) is 36.5 Å². The molecule has 0 saturated carbocycles. The summed E-state index contributed by atoms with van der Waals surface area (Å²) >= 11 is 1.45. The Morgan fingerprint density at radius 1 is 1.17 bits per heavy atom. The average molecular weight is 337 g/mol. The van der Waals surface area contributed by atoms with Gasteiger partial charge in [0.15, 0.2) is 11.0 Å². The van der Waals surface area contributed by atoms with E-state index in [0.717, 1.165) is 40.2 Å². The van der Waals surface area contributed by atoms with Gasteiger partial charge in [0.25, 0.3) is 0 Å². The first kappa shape index (κ1) is 14.8. The SMILES string of the molecule is CNC(=O)Nc1nc2c(s1)-c1nc(-c3ccccc3)ncc1CC2. The zero-order chi connectivity index (χ0) is 16.5. The van der Waals surface area contributed by atoms with Gasteiger partial charge in [0, 0.05) is 18.8 Å². The lowest BCUT2D eigenvalue weighted by molar-refractivity contribution is 0.254. The summed E-state index contributed by atoms with van der Waals surface area (Å²) in [6, 6.07) is 9.64. The third-order valence-electron chi connectivity index (χ3n) is 3.89. The van der Waals surface area contributed by atoms with Gasteiger partial charge >= 0.3 is 6.03 Å². The zero-order valence-electron chi connectivity index (χ0n) is 13.0. The predicted octanol–water partition coefficient (Wildman–Crippen LogP) is 3.12. The molecule has 0 fully saturated rings. The van der Waals surface area contributed by atoms with Crippen molar-refractivity contribution in [3.05, 3.63) is 47.8 Å². The van der Waals surface area contributed by atoms with Gasteiger partial charge in [-0.2, -0.15) is 0 Å². The number of nitrogens with one attached hydrogen (secondary N) is 2. The maximum Gasteiger partial charge on any atom is 0.320 e. The lowest BCUT2D eigenvalue weighted by Gasteiger charge is -2.14. The Bertz CT molecular complexity index is 907. The molecule has 4 rings (SSSR count). The number of aromatic nitrogens is 3. The van der Waals surface area contributed by atoms with E-state index in [9.17, 15) is 4.79 Å². The van der Waals surface area contributed by atoms with Crippen molar-refractivity contribution in [3.63, 3.8) is 0 Å². The standard InChI is InChI=1S/C17H15N5OS/c1-18-16(23)22-17-20-12-8-7-11-9-19-15(10-5-3-2-4-6-10)21-13(11)14(12)24-17/h2-6,9H,7-8H2,1H3,(H2,18,20,22,23). The van der Waals surface area contributed by atoms with Crippen LogP contribution in [0.1, 0.15) is 11.3 Å². The second kappa shape index (κ2) is 6.01. The highest BCUT2D eigenvalue weighted by molar-refractivity contribution is 7.19. The third kappa shape index (κ3) is 2.63. The van der Waals surface area contributed by atoms with E-state index in [4.69, 9.17) is 4.98 Å². The van der Waals surface area contributed by atoms with E-state index in [0.29, 0.717) is 11.0 Å². The summed E-state index contributed by atoms with van der Waals surface area (Å²) in [5.41, 5.74) is 4.02. The molecule has 2 amide bonds. The molecule has 24 heavy (non-hydrogen) atoms. The Labute approximate surface area is 143 Å². The lowest BCUT2D eigenvalue weighted by atomic mass is 9.99. The Morgan fingerprint density at radius 2 is 2.00 bits per heavy atom. The fourth-order valence-electron chi connectivity index (χ4n) is 2.68. The van der Waals surface area contributed by atoms with Gasteiger partial charge in [-0.1, -0.05) is 41.7 Å². The van der Waals surface area contributed by atoms with Crippen LogP contribution < -0.4 is 10.6 Å². The van der Waals surface area contributed by atoms with Gasteiger partial charge in [-0.15, -0.1) is 0 Å². The maximum absolute atomic E-state index is 11.5. The molecular weight excluding hydrogens is 322 g/mol. The molecule has 3 aromatic rings. The minimum absolute atomic E-state index is 0.269. The number of urea groups is 1. The molecule has 0 aliphatic heterocycles. The van der Waals surface area contributed by atoms with E-state index in [1.54, 1.807) is 7.05 Å². The van der Waals surface area contributed by atoms with Gasteiger partial charge in [-0.25, -0.2) is 19.7 Å². The number of nitrogens with zero attached hydrogens (tertiary/aromatic N) is 3. The van der Waals surface area contributed by atoms with Crippen LogP contribution in [-0.4, -0.2) is 28.0 Å².